The molecule has 0 amide bonds. The Morgan fingerprint density at radius 1 is 1.44 bits per heavy atom. The minimum Gasteiger partial charge on any atom is -0.369 e. The highest BCUT2D eigenvalue weighted by molar-refractivity contribution is 5.24. The molecule has 0 aliphatic carbocycles. The fraction of sp³-hybridized carbons (Fsp3) is 0.750. The Morgan fingerprint density at radius 3 is 3.06 bits per heavy atom. The summed E-state index contributed by atoms with van der Waals surface area (Å²) in [6.07, 6.45) is 3.45. The predicted octanol–water partition coefficient (Wildman–Crippen LogP) is 1.18. The zero-order valence-corrected chi connectivity index (χ0v) is 9.94. The minimum absolute atomic E-state index is 0.158. The van der Waals surface area contributed by atoms with Crippen LogP contribution in [0.4, 0.5) is 0 Å². The largest absolute Gasteiger partial charge is 0.369 e. The molecule has 4 nitrogen and oxygen atoms in total. The van der Waals surface area contributed by atoms with Crippen molar-refractivity contribution in [3.63, 3.8) is 0 Å². The van der Waals surface area contributed by atoms with Gasteiger partial charge in [-0.2, -0.15) is 0 Å². The SMILES string of the molecule is CC1Cc2nc3n(c2C(C)O1)CC(N)CC3. The molecule has 4 heteroatoms. The number of fused-ring (bicyclic) bond motifs is 3. The van der Waals surface area contributed by atoms with Gasteiger partial charge in [0.1, 0.15) is 5.82 Å². The first-order valence-corrected chi connectivity index (χ1v) is 6.14. The van der Waals surface area contributed by atoms with E-state index < -0.39 is 0 Å². The van der Waals surface area contributed by atoms with Gasteiger partial charge in [-0.1, -0.05) is 0 Å². The molecular formula is C12H19N3O. The first-order chi connectivity index (χ1) is 7.65. The lowest BCUT2D eigenvalue weighted by Gasteiger charge is -2.28. The van der Waals surface area contributed by atoms with Gasteiger partial charge in [0.15, 0.2) is 0 Å². The molecule has 1 aromatic heterocycles. The van der Waals surface area contributed by atoms with Gasteiger partial charge < -0.3 is 15.0 Å². The van der Waals surface area contributed by atoms with Crippen molar-refractivity contribution in [2.45, 2.75) is 57.9 Å². The summed E-state index contributed by atoms with van der Waals surface area (Å²) in [4.78, 5) is 4.75. The van der Waals surface area contributed by atoms with Crippen LogP contribution in [-0.4, -0.2) is 21.7 Å². The number of nitrogens with two attached hydrogens (primary N) is 1. The molecule has 0 radical (unpaired) electrons. The lowest BCUT2D eigenvalue weighted by Crippen LogP contribution is -2.34. The third kappa shape index (κ3) is 1.48. The van der Waals surface area contributed by atoms with Crippen LogP contribution < -0.4 is 5.73 Å². The maximum atomic E-state index is 6.03. The van der Waals surface area contributed by atoms with Gasteiger partial charge >= 0.3 is 0 Å². The van der Waals surface area contributed by atoms with E-state index in [0.29, 0.717) is 0 Å². The highest BCUT2D eigenvalue weighted by Gasteiger charge is 2.31. The first kappa shape index (κ1) is 10.3. The Labute approximate surface area is 95.8 Å². The normalized spacial score (nSPS) is 33.3. The number of aromatic nitrogens is 2. The molecule has 2 aliphatic rings. The Morgan fingerprint density at radius 2 is 2.25 bits per heavy atom. The van der Waals surface area contributed by atoms with Gasteiger partial charge in [0.05, 0.1) is 23.6 Å². The Hall–Kier alpha value is -0.870. The van der Waals surface area contributed by atoms with Crippen LogP contribution in [0.5, 0.6) is 0 Å². The van der Waals surface area contributed by atoms with E-state index in [9.17, 15) is 0 Å². The summed E-state index contributed by atoms with van der Waals surface area (Å²) in [5, 5.41) is 0. The van der Waals surface area contributed by atoms with Gasteiger partial charge in [-0.3, -0.25) is 0 Å². The molecule has 3 rings (SSSR count). The third-order valence-electron chi connectivity index (χ3n) is 3.62. The summed E-state index contributed by atoms with van der Waals surface area (Å²) < 4.78 is 8.16. The molecule has 2 N–H and O–H groups in total. The maximum absolute atomic E-state index is 6.03. The third-order valence-corrected chi connectivity index (χ3v) is 3.62. The van der Waals surface area contributed by atoms with E-state index in [0.717, 1.165) is 25.8 Å². The number of imidazole rings is 1. The summed E-state index contributed by atoms with van der Waals surface area (Å²) in [6.45, 7) is 5.13. The number of aryl methyl sites for hydroxylation is 1. The van der Waals surface area contributed by atoms with Crippen LogP contribution in [0.3, 0.4) is 0 Å². The average molecular weight is 221 g/mol. The van der Waals surface area contributed by atoms with Crippen molar-refractivity contribution in [3.8, 4) is 0 Å². The van der Waals surface area contributed by atoms with Gasteiger partial charge in [-0.05, 0) is 20.3 Å². The molecule has 0 fully saturated rings. The molecule has 3 unspecified atom stereocenters. The molecule has 3 heterocycles. The minimum atomic E-state index is 0.158. The van der Waals surface area contributed by atoms with Gasteiger partial charge in [0.2, 0.25) is 0 Å². The fourth-order valence-corrected chi connectivity index (χ4v) is 2.94. The number of ether oxygens (including phenoxy) is 1. The maximum Gasteiger partial charge on any atom is 0.109 e. The Kier molecular flexibility index (Phi) is 2.30. The first-order valence-electron chi connectivity index (χ1n) is 6.14. The van der Waals surface area contributed by atoms with Crippen molar-refractivity contribution < 1.29 is 4.74 Å². The van der Waals surface area contributed by atoms with E-state index in [4.69, 9.17) is 15.5 Å². The average Bonchev–Trinajstić information content (AvgIpc) is 2.54. The quantitative estimate of drug-likeness (QED) is 0.715. The molecular weight excluding hydrogens is 202 g/mol. The number of hydrogen-bond donors (Lipinski definition) is 1. The molecule has 1 aromatic rings. The van der Waals surface area contributed by atoms with E-state index in [1.54, 1.807) is 0 Å². The van der Waals surface area contributed by atoms with Gasteiger partial charge in [-0.25, -0.2) is 4.98 Å². The van der Waals surface area contributed by atoms with E-state index >= 15 is 0 Å². The number of nitrogens with zero attached hydrogens (tertiary/aromatic N) is 2. The lowest BCUT2D eigenvalue weighted by atomic mass is 10.0. The van der Waals surface area contributed by atoms with Crippen LogP contribution >= 0.6 is 0 Å². The van der Waals surface area contributed by atoms with E-state index in [2.05, 4.69) is 18.4 Å². The van der Waals surface area contributed by atoms with Crippen molar-refractivity contribution in [2.75, 3.05) is 0 Å². The molecule has 0 bridgehead atoms. The second-order valence-corrected chi connectivity index (χ2v) is 5.06. The van der Waals surface area contributed by atoms with Gasteiger partial charge in [0.25, 0.3) is 0 Å². The van der Waals surface area contributed by atoms with Gasteiger partial charge in [-0.15, -0.1) is 0 Å². The van der Waals surface area contributed by atoms with Crippen molar-refractivity contribution in [2.24, 2.45) is 5.73 Å². The Bertz CT molecular complexity index is 413. The van der Waals surface area contributed by atoms with Crippen LogP contribution in [0.15, 0.2) is 0 Å². The molecule has 0 spiro atoms. The zero-order valence-electron chi connectivity index (χ0n) is 9.94. The van der Waals surface area contributed by atoms with Crippen molar-refractivity contribution in [3.05, 3.63) is 17.2 Å². The molecule has 16 heavy (non-hydrogen) atoms. The van der Waals surface area contributed by atoms with Crippen molar-refractivity contribution in [1.82, 2.24) is 9.55 Å². The molecule has 0 aromatic carbocycles. The summed E-state index contributed by atoms with van der Waals surface area (Å²) in [6, 6.07) is 0.275. The smallest absolute Gasteiger partial charge is 0.109 e. The van der Waals surface area contributed by atoms with Crippen LogP contribution in [0.25, 0.3) is 0 Å². The fourth-order valence-electron chi connectivity index (χ4n) is 2.94. The molecule has 2 aliphatic heterocycles. The highest BCUT2D eigenvalue weighted by atomic mass is 16.5. The monoisotopic (exact) mass is 221 g/mol. The summed E-state index contributed by atoms with van der Waals surface area (Å²) in [7, 11) is 0. The second kappa shape index (κ2) is 3.57. The van der Waals surface area contributed by atoms with Gasteiger partial charge in [0, 0.05) is 25.4 Å². The van der Waals surface area contributed by atoms with E-state index in [-0.39, 0.29) is 18.2 Å². The molecule has 0 saturated heterocycles. The predicted molar refractivity (Wildman–Crippen MR) is 61.2 cm³/mol. The second-order valence-electron chi connectivity index (χ2n) is 5.06. The topological polar surface area (TPSA) is 53.1 Å². The van der Waals surface area contributed by atoms with Crippen LogP contribution in [0, 0.1) is 0 Å². The summed E-state index contributed by atoms with van der Waals surface area (Å²) in [5.74, 6) is 1.20. The van der Waals surface area contributed by atoms with Crippen molar-refractivity contribution >= 4 is 0 Å². The van der Waals surface area contributed by atoms with Crippen LogP contribution in [0.2, 0.25) is 0 Å². The summed E-state index contributed by atoms with van der Waals surface area (Å²) in [5.41, 5.74) is 8.52. The standard InChI is InChI=1S/C12H19N3O/c1-7-5-10-12(8(2)16-7)15-6-9(13)3-4-11(15)14-10/h7-9H,3-6,13H2,1-2H3. The van der Waals surface area contributed by atoms with Crippen molar-refractivity contribution in [1.29, 1.82) is 0 Å². The number of rotatable bonds is 0. The lowest BCUT2D eigenvalue weighted by molar-refractivity contribution is -0.0101. The van der Waals surface area contributed by atoms with E-state index in [1.165, 1.54) is 17.2 Å². The highest BCUT2D eigenvalue weighted by Crippen LogP contribution is 2.32. The zero-order chi connectivity index (χ0) is 11.3. The molecule has 88 valence electrons. The molecule has 0 saturated carbocycles. The van der Waals surface area contributed by atoms with Crippen LogP contribution in [0.1, 0.15) is 43.6 Å². The Balaban J connectivity index is 2.06. The number of hydrogen-bond acceptors (Lipinski definition) is 3. The molecule has 3 atom stereocenters. The summed E-state index contributed by atoms with van der Waals surface area (Å²) >= 11 is 0. The van der Waals surface area contributed by atoms with Crippen LogP contribution in [-0.2, 0) is 24.1 Å². The van der Waals surface area contributed by atoms with E-state index in [1.807, 2.05) is 0 Å².